The van der Waals surface area contributed by atoms with Crippen molar-refractivity contribution >= 4 is 23.0 Å². The van der Waals surface area contributed by atoms with E-state index in [1.165, 1.54) is 12.8 Å². The van der Waals surface area contributed by atoms with Crippen LogP contribution in [0.4, 0.5) is 0 Å². The number of carbonyl (C=O) groups excluding carboxylic acids is 1. The van der Waals surface area contributed by atoms with Crippen LogP contribution in [0.15, 0.2) is 30.3 Å². The fourth-order valence-electron chi connectivity index (χ4n) is 4.21. The normalized spacial score (nSPS) is 28.7. The Hall–Kier alpha value is -0.910. The number of aliphatic hydroxyl groups excluding tert-OH is 1. The standard InChI is InChI=1S/C19H27NO3.BrH/c1-3-19(13-21,14-7-5-4-6-8-14)18(22)23-17-11-15-9-10-16(12-17)20(15)2;/h4-8,15-17,21H,3,9-13H2,1-2H3;1H. The average molecular weight is 398 g/mol. The molecule has 2 fully saturated rings. The molecule has 0 aromatic heterocycles. The zero-order valence-electron chi connectivity index (χ0n) is 14.5. The topological polar surface area (TPSA) is 49.8 Å². The van der Waals surface area contributed by atoms with E-state index in [9.17, 15) is 9.90 Å². The number of carbonyl (C=O) groups is 1. The maximum atomic E-state index is 12.9. The number of rotatable bonds is 5. The summed E-state index contributed by atoms with van der Waals surface area (Å²) in [5, 5.41) is 9.98. The number of benzene rings is 1. The van der Waals surface area contributed by atoms with E-state index in [-0.39, 0.29) is 35.7 Å². The van der Waals surface area contributed by atoms with Crippen LogP contribution in [0, 0.1) is 0 Å². The molecule has 3 atom stereocenters. The van der Waals surface area contributed by atoms with Gasteiger partial charge in [-0.1, -0.05) is 37.3 Å². The zero-order chi connectivity index (χ0) is 16.4. The van der Waals surface area contributed by atoms with Crippen LogP contribution in [0.5, 0.6) is 0 Å². The van der Waals surface area contributed by atoms with Crippen molar-refractivity contribution in [2.24, 2.45) is 0 Å². The second-order valence-electron chi connectivity index (χ2n) is 7.01. The summed E-state index contributed by atoms with van der Waals surface area (Å²) in [6, 6.07) is 10.6. The summed E-state index contributed by atoms with van der Waals surface area (Å²) in [7, 11) is 2.18. The van der Waals surface area contributed by atoms with Gasteiger partial charge in [0.25, 0.3) is 0 Å². The Morgan fingerprint density at radius 1 is 1.25 bits per heavy atom. The van der Waals surface area contributed by atoms with E-state index in [0.29, 0.717) is 18.5 Å². The van der Waals surface area contributed by atoms with Gasteiger partial charge in [0, 0.05) is 12.1 Å². The first-order valence-corrected chi connectivity index (χ1v) is 8.70. The number of nitrogens with zero attached hydrogens (tertiary/aromatic N) is 1. The van der Waals surface area contributed by atoms with E-state index >= 15 is 0 Å². The van der Waals surface area contributed by atoms with Gasteiger partial charge < -0.3 is 14.7 Å². The smallest absolute Gasteiger partial charge is 0.319 e. The van der Waals surface area contributed by atoms with Crippen molar-refractivity contribution in [3.63, 3.8) is 0 Å². The molecule has 3 unspecified atom stereocenters. The molecular weight excluding hydrogens is 370 g/mol. The summed E-state index contributed by atoms with van der Waals surface area (Å²) in [5.41, 5.74) is -0.102. The quantitative estimate of drug-likeness (QED) is 0.775. The number of esters is 1. The van der Waals surface area contributed by atoms with Crippen molar-refractivity contribution in [3.8, 4) is 0 Å². The van der Waals surface area contributed by atoms with E-state index in [1.807, 2.05) is 37.3 Å². The van der Waals surface area contributed by atoms with E-state index in [0.717, 1.165) is 18.4 Å². The van der Waals surface area contributed by atoms with Gasteiger partial charge >= 0.3 is 5.97 Å². The first kappa shape index (κ1) is 19.4. The highest BCUT2D eigenvalue weighted by molar-refractivity contribution is 8.93. The van der Waals surface area contributed by atoms with Crippen molar-refractivity contribution in [2.45, 2.75) is 62.6 Å². The van der Waals surface area contributed by atoms with E-state index in [2.05, 4.69) is 11.9 Å². The van der Waals surface area contributed by atoms with Gasteiger partial charge in [0.2, 0.25) is 0 Å². The predicted molar refractivity (Wildman–Crippen MR) is 99.5 cm³/mol. The molecule has 3 rings (SSSR count). The SMILES string of the molecule is Br.CCC(CO)(C(=O)OC1CC2CCC(C1)N2C)c1ccccc1. The van der Waals surface area contributed by atoms with Crippen LogP contribution in [0.1, 0.15) is 44.6 Å². The minimum atomic E-state index is -0.941. The summed E-state index contributed by atoms with van der Waals surface area (Å²) in [6.45, 7) is 1.72. The zero-order valence-corrected chi connectivity index (χ0v) is 16.2. The van der Waals surface area contributed by atoms with Gasteiger partial charge in [-0.15, -0.1) is 17.0 Å². The lowest BCUT2D eigenvalue weighted by atomic mass is 9.78. The second kappa shape index (κ2) is 7.98. The highest BCUT2D eigenvalue weighted by atomic mass is 79.9. The van der Waals surface area contributed by atoms with Crippen LogP contribution in [-0.2, 0) is 14.9 Å². The number of hydrogen-bond donors (Lipinski definition) is 1. The molecule has 2 aliphatic rings. The monoisotopic (exact) mass is 397 g/mol. The predicted octanol–water partition coefficient (Wildman–Crippen LogP) is 3.07. The van der Waals surface area contributed by atoms with Gasteiger partial charge in [0.05, 0.1) is 6.61 Å². The molecule has 0 aliphatic carbocycles. The molecule has 134 valence electrons. The molecule has 1 aromatic rings. The van der Waals surface area contributed by atoms with Gasteiger partial charge in [-0.25, -0.2) is 0 Å². The molecule has 2 aliphatic heterocycles. The minimum absolute atomic E-state index is 0. The molecule has 4 nitrogen and oxygen atoms in total. The minimum Gasteiger partial charge on any atom is -0.462 e. The number of fused-ring (bicyclic) bond motifs is 2. The maximum absolute atomic E-state index is 12.9. The fourth-order valence-corrected chi connectivity index (χ4v) is 4.21. The van der Waals surface area contributed by atoms with Crippen LogP contribution < -0.4 is 0 Å². The highest BCUT2D eigenvalue weighted by Crippen LogP contribution is 2.37. The largest absolute Gasteiger partial charge is 0.462 e. The third kappa shape index (κ3) is 3.39. The molecular formula is C19H28BrNO3. The van der Waals surface area contributed by atoms with Crippen molar-refractivity contribution < 1.29 is 14.6 Å². The lowest BCUT2D eigenvalue weighted by molar-refractivity contribution is -0.161. The van der Waals surface area contributed by atoms with Crippen LogP contribution in [0.3, 0.4) is 0 Å². The molecule has 0 radical (unpaired) electrons. The van der Waals surface area contributed by atoms with Crippen LogP contribution in [0.2, 0.25) is 0 Å². The van der Waals surface area contributed by atoms with Crippen LogP contribution in [-0.4, -0.2) is 47.8 Å². The molecule has 5 heteroatoms. The summed E-state index contributed by atoms with van der Waals surface area (Å²) in [4.78, 5) is 15.3. The molecule has 2 saturated heterocycles. The average Bonchev–Trinajstić information content (AvgIpc) is 2.79. The van der Waals surface area contributed by atoms with Crippen molar-refractivity contribution in [1.29, 1.82) is 0 Å². The molecule has 24 heavy (non-hydrogen) atoms. The lowest BCUT2D eigenvalue weighted by Crippen LogP contribution is -2.47. The van der Waals surface area contributed by atoms with Gasteiger partial charge in [-0.05, 0) is 44.7 Å². The molecule has 2 bridgehead atoms. The first-order chi connectivity index (χ1) is 11.1. The van der Waals surface area contributed by atoms with Gasteiger partial charge in [-0.2, -0.15) is 0 Å². The Kier molecular flexibility index (Phi) is 6.46. The Labute approximate surface area is 155 Å². The Morgan fingerprint density at radius 3 is 2.33 bits per heavy atom. The Bertz CT molecular complexity index is 533. The van der Waals surface area contributed by atoms with Crippen LogP contribution in [0.25, 0.3) is 0 Å². The van der Waals surface area contributed by atoms with Crippen LogP contribution >= 0.6 is 17.0 Å². The van der Waals surface area contributed by atoms with Gasteiger partial charge in [0.15, 0.2) is 0 Å². The van der Waals surface area contributed by atoms with Crippen molar-refractivity contribution in [2.75, 3.05) is 13.7 Å². The second-order valence-corrected chi connectivity index (χ2v) is 7.01. The summed E-state index contributed by atoms with van der Waals surface area (Å²) >= 11 is 0. The first-order valence-electron chi connectivity index (χ1n) is 8.70. The van der Waals surface area contributed by atoms with Crippen molar-refractivity contribution in [3.05, 3.63) is 35.9 Å². The van der Waals surface area contributed by atoms with Crippen molar-refractivity contribution in [1.82, 2.24) is 4.90 Å². The molecule has 1 N–H and O–H groups in total. The number of halogens is 1. The Balaban J connectivity index is 0.00000208. The number of ether oxygens (including phenoxy) is 1. The van der Waals surface area contributed by atoms with Gasteiger partial charge in [-0.3, -0.25) is 4.79 Å². The summed E-state index contributed by atoms with van der Waals surface area (Å²) < 4.78 is 5.90. The lowest BCUT2D eigenvalue weighted by Gasteiger charge is -2.38. The van der Waals surface area contributed by atoms with E-state index in [1.54, 1.807) is 0 Å². The number of aliphatic hydroxyl groups is 1. The number of hydrogen-bond acceptors (Lipinski definition) is 4. The molecule has 2 heterocycles. The third-order valence-electron chi connectivity index (χ3n) is 5.92. The molecule has 0 amide bonds. The fraction of sp³-hybridized carbons (Fsp3) is 0.632. The summed E-state index contributed by atoms with van der Waals surface area (Å²) in [6.07, 6.45) is 4.75. The van der Waals surface area contributed by atoms with E-state index < -0.39 is 5.41 Å². The summed E-state index contributed by atoms with van der Waals surface area (Å²) in [5.74, 6) is -0.275. The molecule has 0 saturated carbocycles. The molecule has 0 spiro atoms. The molecule has 1 aromatic carbocycles. The van der Waals surface area contributed by atoms with Gasteiger partial charge in [0.1, 0.15) is 11.5 Å². The third-order valence-corrected chi connectivity index (χ3v) is 5.92. The Morgan fingerprint density at radius 2 is 1.83 bits per heavy atom. The van der Waals surface area contributed by atoms with E-state index in [4.69, 9.17) is 4.74 Å². The maximum Gasteiger partial charge on any atom is 0.319 e. The highest BCUT2D eigenvalue weighted by Gasteiger charge is 2.44. The number of piperidine rings is 1.